The maximum absolute atomic E-state index is 4.74. The van der Waals surface area contributed by atoms with Gasteiger partial charge in [-0.1, -0.05) is 19.9 Å². The van der Waals surface area contributed by atoms with Crippen molar-refractivity contribution in [3.63, 3.8) is 0 Å². The first kappa shape index (κ1) is 14.5. The van der Waals surface area contributed by atoms with Gasteiger partial charge in [-0.3, -0.25) is 4.90 Å². The van der Waals surface area contributed by atoms with Gasteiger partial charge in [-0.25, -0.2) is 4.98 Å². The van der Waals surface area contributed by atoms with Gasteiger partial charge in [-0.15, -0.1) is 0 Å². The summed E-state index contributed by atoms with van der Waals surface area (Å²) in [6, 6.07) is 6.81. The standard InChI is InChI=1S/C17H26N4/c1-14(2)10-20(11-15-6-5-8-18-15)12-16-13-21-9-4-3-7-17(21)19-16/h3-4,7,9,13-15,18H,5-6,8,10-12H2,1-2H3. The monoisotopic (exact) mass is 286 g/mol. The first-order valence-electron chi connectivity index (χ1n) is 8.09. The molecular weight excluding hydrogens is 260 g/mol. The molecule has 1 unspecified atom stereocenters. The zero-order valence-corrected chi connectivity index (χ0v) is 13.1. The minimum atomic E-state index is 0.654. The van der Waals surface area contributed by atoms with E-state index in [1.165, 1.54) is 25.1 Å². The molecule has 3 heterocycles. The molecule has 1 N–H and O–H groups in total. The van der Waals surface area contributed by atoms with Crippen molar-refractivity contribution >= 4 is 5.65 Å². The molecule has 1 aliphatic heterocycles. The summed E-state index contributed by atoms with van der Waals surface area (Å²) in [6.07, 6.45) is 6.84. The highest BCUT2D eigenvalue weighted by molar-refractivity contribution is 5.39. The molecule has 4 heteroatoms. The normalized spacial score (nSPS) is 19.1. The first-order valence-corrected chi connectivity index (χ1v) is 8.09. The molecule has 1 fully saturated rings. The van der Waals surface area contributed by atoms with Crippen LogP contribution in [-0.2, 0) is 6.54 Å². The van der Waals surface area contributed by atoms with E-state index in [9.17, 15) is 0 Å². The Morgan fingerprint density at radius 1 is 1.43 bits per heavy atom. The fourth-order valence-electron chi connectivity index (χ4n) is 3.24. The van der Waals surface area contributed by atoms with Crippen molar-refractivity contribution in [2.24, 2.45) is 5.92 Å². The van der Waals surface area contributed by atoms with Crippen molar-refractivity contribution in [1.29, 1.82) is 0 Å². The average Bonchev–Trinajstić information content (AvgIpc) is 3.06. The van der Waals surface area contributed by atoms with Crippen LogP contribution in [0.2, 0.25) is 0 Å². The molecule has 0 spiro atoms. The van der Waals surface area contributed by atoms with Gasteiger partial charge in [0.1, 0.15) is 5.65 Å². The quantitative estimate of drug-likeness (QED) is 0.886. The number of nitrogens with zero attached hydrogens (tertiary/aromatic N) is 3. The summed E-state index contributed by atoms with van der Waals surface area (Å²) in [7, 11) is 0. The van der Waals surface area contributed by atoms with Crippen LogP contribution in [0.4, 0.5) is 0 Å². The SMILES string of the molecule is CC(C)CN(Cc1cn2ccccc2n1)CC1CCCN1. The Morgan fingerprint density at radius 3 is 3.05 bits per heavy atom. The third kappa shape index (κ3) is 3.83. The van der Waals surface area contributed by atoms with Crippen LogP contribution in [0.3, 0.4) is 0 Å². The van der Waals surface area contributed by atoms with Gasteiger partial charge in [-0.05, 0) is 37.4 Å². The van der Waals surface area contributed by atoms with Crippen molar-refractivity contribution in [2.45, 2.75) is 39.3 Å². The Kier molecular flexibility index (Phi) is 4.56. The van der Waals surface area contributed by atoms with E-state index >= 15 is 0 Å². The summed E-state index contributed by atoms with van der Waals surface area (Å²) >= 11 is 0. The van der Waals surface area contributed by atoms with Crippen LogP contribution >= 0.6 is 0 Å². The lowest BCUT2D eigenvalue weighted by molar-refractivity contribution is 0.214. The molecule has 0 aromatic carbocycles. The number of nitrogens with one attached hydrogen (secondary N) is 1. The van der Waals surface area contributed by atoms with Crippen LogP contribution in [-0.4, -0.2) is 40.0 Å². The minimum absolute atomic E-state index is 0.654. The number of hydrogen-bond acceptors (Lipinski definition) is 3. The lowest BCUT2D eigenvalue weighted by Gasteiger charge is -2.26. The highest BCUT2D eigenvalue weighted by Crippen LogP contribution is 2.13. The molecule has 114 valence electrons. The van der Waals surface area contributed by atoms with E-state index in [1.807, 2.05) is 12.1 Å². The lowest BCUT2D eigenvalue weighted by Crippen LogP contribution is -2.39. The number of aromatic nitrogens is 2. The summed E-state index contributed by atoms with van der Waals surface area (Å²) in [4.78, 5) is 7.29. The Labute approximate surface area is 127 Å². The molecule has 0 saturated carbocycles. The second-order valence-electron chi connectivity index (χ2n) is 6.58. The van der Waals surface area contributed by atoms with Gasteiger partial charge in [0.05, 0.1) is 5.69 Å². The molecule has 1 saturated heterocycles. The molecular formula is C17H26N4. The van der Waals surface area contributed by atoms with Gasteiger partial charge in [0.15, 0.2) is 0 Å². The Balaban J connectivity index is 1.69. The molecule has 1 aliphatic rings. The van der Waals surface area contributed by atoms with Crippen LogP contribution in [0.15, 0.2) is 30.6 Å². The number of pyridine rings is 1. The van der Waals surface area contributed by atoms with Crippen LogP contribution in [0.5, 0.6) is 0 Å². The average molecular weight is 286 g/mol. The van der Waals surface area contributed by atoms with E-state index in [-0.39, 0.29) is 0 Å². The summed E-state index contributed by atoms with van der Waals surface area (Å²) < 4.78 is 2.11. The molecule has 2 aromatic heterocycles. The topological polar surface area (TPSA) is 32.6 Å². The van der Waals surface area contributed by atoms with Crippen molar-refractivity contribution in [1.82, 2.24) is 19.6 Å². The maximum atomic E-state index is 4.74. The van der Waals surface area contributed by atoms with E-state index in [0.29, 0.717) is 12.0 Å². The molecule has 2 aromatic rings. The predicted octanol–water partition coefficient (Wildman–Crippen LogP) is 2.54. The Bertz CT molecular complexity index is 536. The summed E-state index contributed by atoms with van der Waals surface area (Å²) in [6.45, 7) is 8.96. The Morgan fingerprint density at radius 2 is 2.33 bits per heavy atom. The van der Waals surface area contributed by atoms with Crippen molar-refractivity contribution < 1.29 is 0 Å². The summed E-state index contributed by atoms with van der Waals surface area (Å²) in [5.41, 5.74) is 2.20. The van der Waals surface area contributed by atoms with Gasteiger partial charge in [0.25, 0.3) is 0 Å². The highest BCUT2D eigenvalue weighted by Gasteiger charge is 2.19. The van der Waals surface area contributed by atoms with Crippen LogP contribution in [0, 0.1) is 5.92 Å². The van der Waals surface area contributed by atoms with Crippen molar-refractivity contribution in [3.05, 3.63) is 36.3 Å². The van der Waals surface area contributed by atoms with Gasteiger partial charge in [-0.2, -0.15) is 0 Å². The van der Waals surface area contributed by atoms with Gasteiger partial charge >= 0.3 is 0 Å². The van der Waals surface area contributed by atoms with Crippen LogP contribution in [0.25, 0.3) is 5.65 Å². The summed E-state index contributed by atoms with van der Waals surface area (Å²) in [5.74, 6) is 0.684. The second kappa shape index (κ2) is 6.58. The molecule has 0 bridgehead atoms. The fourth-order valence-corrected chi connectivity index (χ4v) is 3.24. The zero-order chi connectivity index (χ0) is 14.7. The molecule has 0 amide bonds. The van der Waals surface area contributed by atoms with Crippen molar-refractivity contribution in [2.75, 3.05) is 19.6 Å². The molecule has 3 rings (SSSR count). The van der Waals surface area contributed by atoms with Crippen LogP contribution in [0.1, 0.15) is 32.4 Å². The predicted molar refractivity (Wildman–Crippen MR) is 86.3 cm³/mol. The maximum Gasteiger partial charge on any atom is 0.137 e. The molecule has 21 heavy (non-hydrogen) atoms. The molecule has 1 atom stereocenters. The highest BCUT2D eigenvalue weighted by atomic mass is 15.2. The number of fused-ring (bicyclic) bond motifs is 1. The number of imidazole rings is 1. The van der Waals surface area contributed by atoms with Crippen molar-refractivity contribution in [3.8, 4) is 0 Å². The molecule has 0 radical (unpaired) electrons. The first-order chi connectivity index (χ1) is 10.2. The third-order valence-electron chi connectivity index (χ3n) is 4.06. The van der Waals surface area contributed by atoms with Crippen LogP contribution < -0.4 is 5.32 Å². The van der Waals surface area contributed by atoms with E-state index in [0.717, 1.165) is 25.3 Å². The van der Waals surface area contributed by atoms with Gasteiger partial charge in [0, 0.05) is 38.1 Å². The fraction of sp³-hybridized carbons (Fsp3) is 0.588. The zero-order valence-electron chi connectivity index (χ0n) is 13.1. The van der Waals surface area contributed by atoms with E-state index < -0.39 is 0 Å². The van der Waals surface area contributed by atoms with E-state index in [1.54, 1.807) is 0 Å². The molecule has 0 aliphatic carbocycles. The number of hydrogen-bond donors (Lipinski definition) is 1. The lowest BCUT2D eigenvalue weighted by atomic mass is 10.1. The number of rotatable bonds is 6. The van der Waals surface area contributed by atoms with Gasteiger partial charge < -0.3 is 9.72 Å². The van der Waals surface area contributed by atoms with E-state index in [2.05, 4.69) is 46.9 Å². The third-order valence-corrected chi connectivity index (χ3v) is 4.06. The minimum Gasteiger partial charge on any atom is -0.313 e. The largest absolute Gasteiger partial charge is 0.313 e. The summed E-state index contributed by atoms with van der Waals surface area (Å²) in [5, 5.41) is 3.61. The van der Waals surface area contributed by atoms with E-state index in [4.69, 9.17) is 4.98 Å². The smallest absolute Gasteiger partial charge is 0.137 e. The molecule has 4 nitrogen and oxygen atoms in total. The Hall–Kier alpha value is -1.39. The van der Waals surface area contributed by atoms with Gasteiger partial charge in [0.2, 0.25) is 0 Å². The second-order valence-corrected chi connectivity index (χ2v) is 6.58.